The summed E-state index contributed by atoms with van der Waals surface area (Å²) >= 11 is 13.1. The molecule has 1 aromatic heterocycles. The number of nitro groups is 1. The minimum Gasteiger partial charge on any atom is -0.457 e. The largest absolute Gasteiger partial charge is 0.457 e. The number of furan rings is 1. The van der Waals surface area contributed by atoms with E-state index >= 15 is 0 Å². The summed E-state index contributed by atoms with van der Waals surface area (Å²) in [4.78, 5) is 37.5. The molecule has 1 fully saturated rings. The van der Waals surface area contributed by atoms with E-state index in [2.05, 4.69) is 0 Å². The lowest BCUT2D eigenvalue weighted by Crippen LogP contribution is -2.27. The summed E-state index contributed by atoms with van der Waals surface area (Å²) in [6.45, 7) is 3.43. The molecule has 168 valence electrons. The second kappa shape index (κ2) is 9.05. The molecule has 4 rings (SSSR count). The molecule has 0 saturated carbocycles. The number of benzene rings is 2. The van der Waals surface area contributed by atoms with Gasteiger partial charge in [-0.25, -0.2) is 0 Å². The standard InChI is InChI=1S/C23H16Cl2N2O5S/c1-12-8-14(9-19(13(12)2)27(30)31)20-7-6-15(32-20)10-21-22(28)26(23(29)33-21)11-16-17(24)4-3-5-18(16)25/h3-10H,11H2,1-2H3/b21-10-. The first-order valence-corrected chi connectivity index (χ1v) is 11.3. The van der Waals surface area contributed by atoms with Crippen LogP contribution in [0.4, 0.5) is 10.5 Å². The molecule has 1 saturated heterocycles. The molecule has 2 amide bonds. The molecule has 0 aliphatic carbocycles. The molecule has 33 heavy (non-hydrogen) atoms. The van der Waals surface area contributed by atoms with Gasteiger partial charge < -0.3 is 4.42 Å². The van der Waals surface area contributed by atoms with Crippen LogP contribution in [0.5, 0.6) is 0 Å². The predicted octanol–water partition coefficient (Wildman–Crippen LogP) is 7.01. The number of nitrogens with zero attached hydrogens (tertiary/aromatic N) is 2. The van der Waals surface area contributed by atoms with Crippen LogP contribution < -0.4 is 0 Å². The molecule has 1 aliphatic heterocycles. The number of halogens is 2. The lowest BCUT2D eigenvalue weighted by Gasteiger charge is -2.14. The van der Waals surface area contributed by atoms with Gasteiger partial charge >= 0.3 is 0 Å². The molecule has 3 aromatic rings. The van der Waals surface area contributed by atoms with Crippen molar-refractivity contribution in [1.82, 2.24) is 4.90 Å². The molecule has 2 aromatic carbocycles. The van der Waals surface area contributed by atoms with E-state index in [1.54, 1.807) is 50.2 Å². The Morgan fingerprint density at radius 2 is 1.82 bits per heavy atom. The number of hydrogen-bond donors (Lipinski definition) is 0. The zero-order valence-electron chi connectivity index (χ0n) is 17.4. The lowest BCUT2D eigenvalue weighted by molar-refractivity contribution is -0.385. The molecule has 0 atom stereocenters. The highest BCUT2D eigenvalue weighted by Gasteiger charge is 2.36. The van der Waals surface area contributed by atoms with E-state index in [9.17, 15) is 19.7 Å². The molecule has 0 N–H and O–H groups in total. The Kier molecular flexibility index (Phi) is 6.34. The molecule has 7 nitrogen and oxygen atoms in total. The second-order valence-corrected chi connectivity index (χ2v) is 9.17. The van der Waals surface area contributed by atoms with E-state index in [-0.39, 0.29) is 17.1 Å². The molecular weight excluding hydrogens is 487 g/mol. The highest BCUT2D eigenvalue weighted by molar-refractivity contribution is 8.18. The maximum absolute atomic E-state index is 12.8. The summed E-state index contributed by atoms with van der Waals surface area (Å²) in [6.07, 6.45) is 1.47. The fraction of sp³-hybridized carbons (Fsp3) is 0.130. The van der Waals surface area contributed by atoms with Crippen molar-refractivity contribution in [3.8, 4) is 11.3 Å². The van der Waals surface area contributed by atoms with Gasteiger partial charge in [-0.1, -0.05) is 29.3 Å². The van der Waals surface area contributed by atoms with E-state index in [1.807, 2.05) is 0 Å². The van der Waals surface area contributed by atoms with Crippen LogP contribution in [0, 0.1) is 24.0 Å². The van der Waals surface area contributed by atoms with E-state index in [1.165, 1.54) is 12.1 Å². The van der Waals surface area contributed by atoms with Gasteiger partial charge in [0.1, 0.15) is 11.5 Å². The summed E-state index contributed by atoms with van der Waals surface area (Å²) < 4.78 is 5.80. The van der Waals surface area contributed by atoms with Gasteiger partial charge in [-0.3, -0.25) is 24.6 Å². The zero-order chi connectivity index (χ0) is 23.9. The molecule has 1 aliphatic rings. The van der Waals surface area contributed by atoms with Gasteiger partial charge in [-0.15, -0.1) is 0 Å². The normalized spacial score (nSPS) is 15.0. The van der Waals surface area contributed by atoms with Crippen molar-refractivity contribution in [3.05, 3.63) is 90.0 Å². The monoisotopic (exact) mass is 502 g/mol. The van der Waals surface area contributed by atoms with Gasteiger partial charge in [0.15, 0.2) is 0 Å². The number of amides is 2. The Morgan fingerprint density at radius 1 is 1.12 bits per heavy atom. The maximum atomic E-state index is 12.8. The van der Waals surface area contributed by atoms with Crippen molar-refractivity contribution in [3.63, 3.8) is 0 Å². The van der Waals surface area contributed by atoms with Crippen LogP contribution in [0.15, 0.2) is 51.8 Å². The van der Waals surface area contributed by atoms with E-state index in [0.29, 0.717) is 38.3 Å². The SMILES string of the molecule is Cc1cc(-c2ccc(/C=C3\SC(=O)N(Cc4c(Cl)cccc4Cl)C3=O)o2)cc([N+](=O)[O-])c1C. The number of imide groups is 1. The Bertz CT molecular complexity index is 1330. The van der Waals surface area contributed by atoms with Gasteiger partial charge in [0, 0.05) is 38.9 Å². The maximum Gasteiger partial charge on any atom is 0.293 e. The van der Waals surface area contributed by atoms with Crippen LogP contribution in [0.1, 0.15) is 22.5 Å². The summed E-state index contributed by atoms with van der Waals surface area (Å²) in [7, 11) is 0. The number of thioether (sulfide) groups is 1. The highest BCUT2D eigenvalue weighted by atomic mass is 35.5. The topological polar surface area (TPSA) is 93.7 Å². The Labute approximate surface area is 203 Å². The first-order valence-electron chi connectivity index (χ1n) is 9.70. The lowest BCUT2D eigenvalue weighted by atomic mass is 10.0. The third-order valence-electron chi connectivity index (χ3n) is 5.27. The first-order chi connectivity index (χ1) is 15.7. The predicted molar refractivity (Wildman–Crippen MR) is 128 cm³/mol. The van der Waals surface area contributed by atoms with Crippen molar-refractivity contribution >= 4 is 57.9 Å². The van der Waals surface area contributed by atoms with Gasteiger partial charge in [0.25, 0.3) is 16.8 Å². The van der Waals surface area contributed by atoms with E-state index in [0.717, 1.165) is 22.2 Å². The fourth-order valence-corrected chi connectivity index (χ4v) is 4.70. The van der Waals surface area contributed by atoms with Crippen LogP contribution in [-0.2, 0) is 11.3 Å². The van der Waals surface area contributed by atoms with Crippen LogP contribution >= 0.6 is 35.0 Å². The van der Waals surface area contributed by atoms with Crippen molar-refractivity contribution in [1.29, 1.82) is 0 Å². The number of carbonyl (C=O) groups is 2. The van der Waals surface area contributed by atoms with Crippen LogP contribution in [0.3, 0.4) is 0 Å². The summed E-state index contributed by atoms with van der Waals surface area (Å²) in [5.74, 6) is 0.266. The average Bonchev–Trinajstić information content (AvgIpc) is 3.32. The van der Waals surface area contributed by atoms with Crippen LogP contribution in [0.2, 0.25) is 10.0 Å². The molecule has 0 spiro atoms. The smallest absolute Gasteiger partial charge is 0.293 e. The third-order valence-corrected chi connectivity index (χ3v) is 6.89. The van der Waals surface area contributed by atoms with Crippen molar-refractivity contribution in [2.24, 2.45) is 0 Å². The number of nitro benzene ring substituents is 1. The Morgan fingerprint density at radius 3 is 2.48 bits per heavy atom. The van der Waals surface area contributed by atoms with Crippen LogP contribution in [-0.4, -0.2) is 21.0 Å². The minimum absolute atomic E-state index is 0.00213. The van der Waals surface area contributed by atoms with Gasteiger partial charge in [0.2, 0.25) is 0 Å². The number of carbonyl (C=O) groups excluding carboxylic acids is 2. The Balaban J connectivity index is 1.60. The van der Waals surface area contributed by atoms with Gasteiger partial charge in [-0.05, 0) is 61.5 Å². The third kappa shape index (κ3) is 4.55. The quantitative estimate of drug-likeness (QED) is 0.211. The highest BCUT2D eigenvalue weighted by Crippen LogP contribution is 2.37. The van der Waals surface area contributed by atoms with Crippen LogP contribution in [0.25, 0.3) is 17.4 Å². The van der Waals surface area contributed by atoms with Crippen molar-refractivity contribution < 1.29 is 18.9 Å². The van der Waals surface area contributed by atoms with Gasteiger partial charge in [0.05, 0.1) is 16.4 Å². The molecule has 0 radical (unpaired) electrons. The molecule has 0 bridgehead atoms. The van der Waals surface area contributed by atoms with E-state index in [4.69, 9.17) is 27.6 Å². The molecule has 2 heterocycles. The number of hydrogen-bond acceptors (Lipinski definition) is 6. The second-order valence-electron chi connectivity index (χ2n) is 7.36. The molecular formula is C23H16Cl2N2O5S. The summed E-state index contributed by atoms with van der Waals surface area (Å²) in [5, 5.41) is 11.6. The Hall–Kier alpha value is -3.07. The summed E-state index contributed by atoms with van der Waals surface area (Å²) in [5.41, 5.74) is 2.38. The average molecular weight is 503 g/mol. The molecule has 10 heteroatoms. The number of aryl methyl sites for hydroxylation is 1. The van der Waals surface area contributed by atoms with Crippen molar-refractivity contribution in [2.45, 2.75) is 20.4 Å². The van der Waals surface area contributed by atoms with Crippen molar-refractivity contribution in [2.75, 3.05) is 0 Å². The first kappa shape index (κ1) is 23.1. The summed E-state index contributed by atoms with van der Waals surface area (Å²) in [6, 6.07) is 11.5. The van der Waals surface area contributed by atoms with Gasteiger partial charge in [-0.2, -0.15) is 0 Å². The zero-order valence-corrected chi connectivity index (χ0v) is 19.8. The molecule has 0 unspecified atom stereocenters. The fourth-order valence-electron chi connectivity index (χ4n) is 3.37. The number of rotatable bonds is 5. The minimum atomic E-state index is -0.485. The van der Waals surface area contributed by atoms with E-state index < -0.39 is 16.1 Å².